The van der Waals surface area contributed by atoms with Crippen LogP contribution in [0.25, 0.3) is 0 Å². The Labute approximate surface area is 139 Å². The summed E-state index contributed by atoms with van der Waals surface area (Å²) in [6.07, 6.45) is 10.0. The highest BCUT2D eigenvalue weighted by molar-refractivity contribution is 5.87. The van der Waals surface area contributed by atoms with Crippen molar-refractivity contribution < 1.29 is 19.7 Å². The molecule has 1 unspecified atom stereocenters. The summed E-state index contributed by atoms with van der Waals surface area (Å²) in [5, 5.41) is 17.8. The van der Waals surface area contributed by atoms with E-state index in [0.717, 1.165) is 19.3 Å². The summed E-state index contributed by atoms with van der Waals surface area (Å²) in [4.78, 5) is 13.6. The van der Waals surface area contributed by atoms with Crippen molar-refractivity contribution in [2.75, 3.05) is 26.3 Å². The molecule has 0 heterocycles. The molecular formula is C17H32N2O4. The topological polar surface area (TPSA) is 96.0 Å². The summed E-state index contributed by atoms with van der Waals surface area (Å²) >= 11 is 0. The van der Waals surface area contributed by atoms with Gasteiger partial charge in [0.25, 0.3) is 0 Å². The Balaban J connectivity index is 4.24. The molecule has 6 heteroatoms. The second-order valence-corrected chi connectivity index (χ2v) is 5.51. The zero-order chi connectivity index (χ0) is 17.5. The molecule has 134 valence electrons. The Kier molecular flexibility index (Phi) is 13.2. The molecule has 0 aromatic heterocycles. The van der Waals surface area contributed by atoms with Crippen LogP contribution in [0.2, 0.25) is 0 Å². The number of hydrogen-bond acceptors (Lipinski definition) is 6. The van der Waals surface area contributed by atoms with E-state index in [9.17, 15) is 4.79 Å². The van der Waals surface area contributed by atoms with E-state index in [-0.39, 0.29) is 25.0 Å². The summed E-state index contributed by atoms with van der Waals surface area (Å²) in [6, 6.07) is 0. The second kappa shape index (κ2) is 14.1. The molecule has 0 rings (SSSR count). The summed E-state index contributed by atoms with van der Waals surface area (Å²) in [7, 11) is 0. The fraction of sp³-hybridized carbons (Fsp3) is 0.706. The van der Waals surface area contributed by atoms with Gasteiger partial charge in [0.15, 0.2) is 0 Å². The number of allylic oxidation sites excluding steroid dienone is 2. The van der Waals surface area contributed by atoms with Gasteiger partial charge < -0.3 is 25.6 Å². The van der Waals surface area contributed by atoms with Gasteiger partial charge in [-0.2, -0.15) is 0 Å². The van der Waals surface area contributed by atoms with Crippen molar-refractivity contribution in [2.24, 2.45) is 5.73 Å². The molecule has 4 N–H and O–H groups in total. The minimum absolute atomic E-state index is 0.0128. The number of carbonyl (C=O) groups excluding carboxylic acids is 1. The Morgan fingerprint density at radius 3 is 2.43 bits per heavy atom. The molecule has 0 amide bonds. The normalized spacial score (nSPS) is 13.3. The minimum Gasteiger partial charge on any atom is -0.458 e. The molecule has 0 saturated heterocycles. The molecule has 0 saturated carbocycles. The monoisotopic (exact) mass is 328 g/mol. The Hall–Kier alpha value is -1.53. The van der Waals surface area contributed by atoms with Gasteiger partial charge >= 0.3 is 5.97 Å². The standard InChI is InChI=1S/C17H32N2O4/c1-3-4-5-6-8-15(2)23-17(22)16(18)9-7-10-19(11-13-20)12-14-21/h7,9-10,15,20-21H,3-6,8,11-14,18H2,1-2H3/b10-7+,16-9+. The lowest BCUT2D eigenvalue weighted by Gasteiger charge is -2.17. The van der Waals surface area contributed by atoms with Crippen LogP contribution in [0.3, 0.4) is 0 Å². The van der Waals surface area contributed by atoms with Crippen LogP contribution in [0.1, 0.15) is 46.0 Å². The van der Waals surface area contributed by atoms with Crippen molar-refractivity contribution in [3.63, 3.8) is 0 Å². The molecule has 0 fully saturated rings. The molecule has 0 aliphatic heterocycles. The maximum Gasteiger partial charge on any atom is 0.354 e. The minimum atomic E-state index is -0.520. The number of esters is 1. The van der Waals surface area contributed by atoms with Crippen LogP contribution >= 0.6 is 0 Å². The predicted molar refractivity (Wildman–Crippen MR) is 91.5 cm³/mol. The zero-order valence-corrected chi connectivity index (χ0v) is 14.4. The van der Waals surface area contributed by atoms with Gasteiger partial charge in [-0.05, 0) is 38.1 Å². The van der Waals surface area contributed by atoms with E-state index in [2.05, 4.69) is 6.92 Å². The van der Waals surface area contributed by atoms with E-state index in [1.807, 2.05) is 6.92 Å². The van der Waals surface area contributed by atoms with E-state index < -0.39 is 5.97 Å². The number of rotatable bonds is 13. The molecule has 6 nitrogen and oxygen atoms in total. The van der Waals surface area contributed by atoms with Crippen molar-refractivity contribution in [1.82, 2.24) is 4.90 Å². The highest BCUT2D eigenvalue weighted by Gasteiger charge is 2.11. The molecule has 0 aliphatic carbocycles. The number of carbonyl (C=O) groups is 1. The van der Waals surface area contributed by atoms with Gasteiger partial charge in [-0.1, -0.05) is 26.2 Å². The summed E-state index contributed by atoms with van der Waals surface area (Å²) < 4.78 is 5.29. The number of nitrogens with two attached hydrogens (primary N) is 1. The number of nitrogens with zero attached hydrogens (tertiary/aromatic N) is 1. The van der Waals surface area contributed by atoms with E-state index >= 15 is 0 Å². The van der Waals surface area contributed by atoms with Gasteiger partial charge in [0.1, 0.15) is 5.70 Å². The summed E-state index contributed by atoms with van der Waals surface area (Å²) in [6.45, 7) is 4.82. The Morgan fingerprint density at radius 1 is 1.22 bits per heavy atom. The third-order valence-electron chi connectivity index (χ3n) is 3.36. The smallest absolute Gasteiger partial charge is 0.354 e. The van der Waals surface area contributed by atoms with E-state index in [1.54, 1.807) is 17.2 Å². The van der Waals surface area contributed by atoms with Crippen molar-refractivity contribution in [2.45, 2.75) is 52.1 Å². The van der Waals surface area contributed by atoms with Crippen molar-refractivity contribution in [3.05, 3.63) is 24.0 Å². The molecular weight excluding hydrogens is 296 g/mol. The average molecular weight is 328 g/mol. The first-order chi connectivity index (χ1) is 11.0. The van der Waals surface area contributed by atoms with E-state index in [1.165, 1.54) is 18.9 Å². The number of hydrogen-bond donors (Lipinski definition) is 3. The third-order valence-corrected chi connectivity index (χ3v) is 3.36. The van der Waals surface area contributed by atoms with Gasteiger partial charge in [-0.3, -0.25) is 0 Å². The lowest BCUT2D eigenvalue weighted by atomic mass is 10.1. The molecule has 0 bridgehead atoms. The maximum atomic E-state index is 11.8. The Bertz CT molecular complexity index is 364. The zero-order valence-electron chi connectivity index (χ0n) is 14.4. The van der Waals surface area contributed by atoms with Crippen LogP contribution in [-0.4, -0.2) is 53.5 Å². The molecule has 0 aromatic rings. The molecule has 0 radical (unpaired) electrons. The van der Waals surface area contributed by atoms with E-state index in [0.29, 0.717) is 13.1 Å². The van der Waals surface area contributed by atoms with Crippen molar-refractivity contribution in [1.29, 1.82) is 0 Å². The van der Waals surface area contributed by atoms with Crippen LogP contribution in [-0.2, 0) is 9.53 Å². The highest BCUT2D eigenvalue weighted by Crippen LogP contribution is 2.09. The van der Waals surface area contributed by atoms with Gasteiger partial charge in [-0.25, -0.2) is 4.79 Å². The highest BCUT2D eigenvalue weighted by atomic mass is 16.5. The first-order valence-electron chi connectivity index (χ1n) is 8.35. The fourth-order valence-corrected chi connectivity index (χ4v) is 2.02. The third kappa shape index (κ3) is 11.7. The van der Waals surface area contributed by atoms with Crippen LogP contribution in [0.4, 0.5) is 0 Å². The quantitative estimate of drug-likeness (QED) is 0.205. The first-order valence-corrected chi connectivity index (χ1v) is 8.35. The molecule has 0 aliphatic rings. The van der Waals surface area contributed by atoms with Crippen LogP contribution in [0, 0.1) is 0 Å². The van der Waals surface area contributed by atoms with E-state index in [4.69, 9.17) is 20.7 Å². The molecule has 1 atom stereocenters. The Morgan fingerprint density at radius 2 is 1.87 bits per heavy atom. The lowest BCUT2D eigenvalue weighted by Crippen LogP contribution is -2.24. The summed E-state index contributed by atoms with van der Waals surface area (Å²) in [5.41, 5.74) is 5.73. The first kappa shape index (κ1) is 21.5. The lowest BCUT2D eigenvalue weighted by molar-refractivity contribution is -0.143. The largest absolute Gasteiger partial charge is 0.458 e. The molecule has 0 spiro atoms. The SMILES string of the molecule is CCCCCCC(C)OC(=O)/C(N)=C\C=C\N(CCO)CCO. The second-order valence-electron chi connectivity index (χ2n) is 5.51. The molecule has 0 aromatic carbocycles. The number of aliphatic hydroxyl groups excluding tert-OH is 2. The van der Waals surface area contributed by atoms with Crippen LogP contribution in [0.5, 0.6) is 0 Å². The van der Waals surface area contributed by atoms with Gasteiger partial charge in [0, 0.05) is 13.1 Å². The van der Waals surface area contributed by atoms with Crippen molar-refractivity contribution in [3.8, 4) is 0 Å². The van der Waals surface area contributed by atoms with Gasteiger partial charge in [0.2, 0.25) is 0 Å². The van der Waals surface area contributed by atoms with Gasteiger partial charge in [-0.15, -0.1) is 0 Å². The predicted octanol–water partition coefficient (Wildman–Crippen LogP) is 1.53. The molecule has 23 heavy (non-hydrogen) atoms. The van der Waals surface area contributed by atoms with Gasteiger partial charge in [0.05, 0.1) is 19.3 Å². The fourth-order valence-electron chi connectivity index (χ4n) is 2.02. The van der Waals surface area contributed by atoms with Crippen LogP contribution in [0.15, 0.2) is 24.0 Å². The number of aliphatic hydroxyl groups is 2. The average Bonchev–Trinajstić information content (AvgIpc) is 2.51. The number of unbranched alkanes of at least 4 members (excludes halogenated alkanes) is 3. The summed E-state index contributed by atoms with van der Waals surface area (Å²) in [5.74, 6) is -0.520. The maximum absolute atomic E-state index is 11.8. The van der Waals surface area contributed by atoms with Crippen LogP contribution < -0.4 is 5.73 Å². The van der Waals surface area contributed by atoms with Crippen molar-refractivity contribution >= 4 is 5.97 Å². The number of ether oxygens (including phenoxy) is 1.